The summed E-state index contributed by atoms with van der Waals surface area (Å²) in [6.45, 7) is 4.10. The van der Waals surface area contributed by atoms with Crippen molar-refractivity contribution in [3.8, 4) is 0 Å². The van der Waals surface area contributed by atoms with Gasteiger partial charge >= 0.3 is 5.97 Å². The summed E-state index contributed by atoms with van der Waals surface area (Å²) >= 11 is 1.58. The van der Waals surface area contributed by atoms with E-state index in [1.165, 1.54) is 5.56 Å². The summed E-state index contributed by atoms with van der Waals surface area (Å²) < 4.78 is 0. The van der Waals surface area contributed by atoms with Gasteiger partial charge in [-0.25, -0.2) is 0 Å². The molecule has 0 atom stereocenters. The maximum absolute atomic E-state index is 10.5. The van der Waals surface area contributed by atoms with Crippen LogP contribution in [0.25, 0.3) is 10.9 Å². The molecule has 1 N–H and O–H groups in total. The first-order valence-electron chi connectivity index (χ1n) is 5.79. The number of aryl methyl sites for hydroxylation is 2. The van der Waals surface area contributed by atoms with Crippen LogP contribution in [0, 0.1) is 13.8 Å². The molecule has 0 saturated carbocycles. The summed E-state index contributed by atoms with van der Waals surface area (Å²) in [5, 5.41) is 9.82. The molecule has 0 radical (unpaired) electrons. The second-order valence-electron chi connectivity index (χ2n) is 4.22. The topological polar surface area (TPSA) is 50.2 Å². The Labute approximate surface area is 110 Å². The van der Waals surface area contributed by atoms with Gasteiger partial charge in [-0.1, -0.05) is 12.1 Å². The Bertz CT molecular complexity index is 596. The summed E-state index contributed by atoms with van der Waals surface area (Å²) in [7, 11) is 0. The van der Waals surface area contributed by atoms with E-state index in [4.69, 9.17) is 5.11 Å². The monoisotopic (exact) mass is 261 g/mol. The third-order valence-corrected chi connectivity index (χ3v) is 3.90. The molecule has 0 aliphatic carbocycles. The van der Waals surface area contributed by atoms with Crippen LogP contribution in [0.1, 0.15) is 17.5 Å². The van der Waals surface area contributed by atoms with E-state index in [9.17, 15) is 4.79 Å². The van der Waals surface area contributed by atoms with Gasteiger partial charge in [-0.2, -0.15) is 0 Å². The van der Waals surface area contributed by atoms with Crippen LogP contribution in [-0.4, -0.2) is 21.8 Å². The predicted molar refractivity (Wildman–Crippen MR) is 74.2 cm³/mol. The van der Waals surface area contributed by atoms with Crippen molar-refractivity contribution in [2.75, 3.05) is 5.75 Å². The van der Waals surface area contributed by atoms with Gasteiger partial charge in [-0.05, 0) is 31.0 Å². The Morgan fingerprint density at radius 1 is 1.28 bits per heavy atom. The average molecular weight is 261 g/mol. The highest BCUT2D eigenvalue weighted by molar-refractivity contribution is 7.99. The number of aromatic nitrogens is 1. The van der Waals surface area contributed by atoms with Crippen LogP contribution in [0.4, 0.5) is 0 Å². The molecule has 1 aromatic heterocycles. The fraction of sp³-hybridized carbons (Fsp3) is 0.286. The van der Waals surface area contributed by atoms with Crippen LogP contribution in [0.2, 0.25) is 0 Å². The number of fused-ring (bicyclic) bond motifs is 1. The number of hydrogen-bond acceptors (Lipinski definition) is 3. The molecule has 2 rings (SSSR count). The minimum Gasteiger partial charge on any atom is -0.481 e. The Morgan fingerprint density at radius 2 is 2.00 bits per heavy atom. The number of nitrogens with zero attached hydrogens (tertiary/aromatic N) is 1. The van der Waals surface area contributed by atoms with Crippen LogP contribution in [0.5, 0.6) is 0 Å². The Kier molecular flexibility index (Phi) is 3.87. The van der Waals surface area contributed by atoms with Crippen molar-refractivity contribution in [2.45, 2.75) is 25.2 Å². The fourth-order valence-electron chi connectivity index (χ4n) is 1.91. The van der Waals surface area contributed by atoms with Crippen LogP contribution in [0.3, 0.4) is 0 Å². The minimum absolute atomic E-state index is 0.180. The molecule has 0 unspecified atom stereocenters. The molecule has 2 aromatic rings. The van der Waals surface area contributed by atoms with Gasteiger partial charge in [0.15, 0.2) is 0 Å². The summed E-state index contributed by atoms with van der Waals surface area (Å²) in [6, 6.07) is 6.11. The van der Waals surface area contributed by atoms with Gasteiger partial charge < -0.3 is 5.11 Å². The Morgan fingerprint density at radius 3 is 2.72 bits per heavy atom. The number of rotatable bonds is 4. The third-order valence-electron chi connectivity index (χ3n) is 2.84. The number of benzene rings is 1. The van der Waals surface area contributed by atoms with Crippen LogP contribution >= 0.6 is 11.8 Å². The predicted octanol–water partition coefficient (Wildman–Crippen LogP) is 3.42. The molecule has 0 spiro atoms. The van der Waals surface area contributed by atoms with Crippen molar-refractivity contribution in [3.05, 3.63) is 35.5 Å². The lowest BCUT2D eigenvalue weighted by atomic mass is 10.1. The molecular formula is C14H15NO2S. The quantitative estimate of drug-likeness (QED) is 0.857. The summed E-state index contributed by atoms with van der Waals surface area (Å²) in [5.41, 5.74) is 3.34. The zero-order valence-electron chi connectivity index (χ0n) is 10.4. The van der Waals surface area contributed by atoms with Gasteiger partial charge in [0, 0.05) is 22.2 Å². The third kappa shape index (κ3) is 2.64. The number of hydrogen-bond donors (Lipinski definition) is 1. The molecule has 1 aromatic carbocycles. The highest BCUT2D eigenvalue weighted by Gasteiger charge is 2.08. The summed E-state index contributed by atoms with van der Waals surface area (Å²) in [4.78, 5) is 16.1. The van der Waals surface area contributed by atoms with E-state index >= 15 is 0 Å². The van der Waals surface area contributed by atoms with Crippen molar-refractivity contribution in [1.29, 1.82) is 0 Å². The van der Waals surface area contributed by atoms with Gasteiger partial charge in [0.2, 0.25) is 0 Å². The van der Waals surface area contributed by atoms with Gasteiger partial charge in [0.25, 0.3) is 0 Å². The highest BCUT2D eigenvalue weighted by Crippen LogP contribution is 2.31. The number of aliphatic carboxylic acids is 1. The lowest BCUT2D eigenvalue weighted by molar-refractivity contribution is -0.136. The number of carboxylic acids is 1. The van der Waals surface area contributed by atoms with Crippen molar-refractivity contribution in [3.63, 3.8) is 0 Å². The van der Waals surface area contributed by atoms with E-state index in [1.54, 1.807) is 18.0 Å². The first kappa shape index (κ1) is 12.9. The molecule has 4 heteroatoms. The molecule has 1 heterocycles. The maximum atomic E-state index is 10.5. The molecule has 0 fully saturated rings. The second kappa shape index (κ2) is 5.40. The molecule has 0 bridgehead atoms. The largest absolute Gasteiger partial charge is 0.481 e. The smallest absolute Gasteiger partial charge is 0.304 e. The van der Waals surface area contributed by atoms with Crippen LogP contribution in [0.15, 0.2) is 29.3 Å². The van der Waals surface area contributed by atoms with E-state index in [-0.39, 0.29) is 6.42 Å². The molecule has 0 saturated heterocycles. The lowest BCUT2D eigenvalue weighted by Crippen LogP contribution is -1.96. The molecule has 94 valence electrons. The molecule has 0 aliphatic heterocycles. The Hall–Kier alpha value is -1.55. The number of carbonyl (C=O) groups is 1. The van der Waals surface area contributed by atoms with Crippen molar-refractivity contribution in [2.24, 2.45) is 0 Å². The standard InChI is InChI=1S/C14H15NO2S/c1-9-3-4-10(2)14-13(9)11(5-7-15-14)18-8-6-12(16)17/h3-5,7H,6,8H2,1-2H3,(H,16,17). The molecule has 3 nitrogen and oxygen atoms in total. The van der Waals surface area contributed by atoms with Crippen molar-refractivity contribution < 1.29 is 9.90 Å². The first-order chi connectivity index (χ1) is 8.59. The number of thioether (sulfide) groups is 1. The molecular weight excluding hydrogens is 246 g/mol. The van der Waals surface area contributed by atoms with Gasteiger partial charge in [0.05, 0.1) is 11.9 Å². The van der Waals surface area contributed by atoms with E-state index in [0.717, 1.165) is 21.4 Å². The van der Waals surface area contributed by atoms with E-state index in [0.29, 0.717) is 5.75 Å². The molecule has 18 heavy (non-hydrogen) atoms. The zero-order valence-corrected chi connectivity index (χ0v) is 11.3. The number of carboxylic acid groups (broad SMARTS) is 1. The summed E-state index contributed by atoms with van der Waals surface area (Å²) in [5.74, 6) is -0.171. The minimum atomic E-state index is -0.756. The van der Waals surface area contributed by atoms with E-state index in [2.05, 4.69) is 24.0 Å². The van der Waals surface area contributed by atoms with E-state index in [1.807, 2.05) is 13.0 Å². The second-order valence-corrected chi connectivity index (χ2v) is 5.36. The van der Waals surface area contributed by atoms with Crippen LogP contribution in [-0.2, 0) is 4.79 Å². The van der Waals surface area contributed by atoms with Gasteiger partial charge in [-0.3, -0.25) is 9.78 Å². The maximum Gasteiger partial charge on any atom is 0.304 e. The number of pyridine rings is 1. The van der Waals surface area contributed by atoms with Gasteiger partial charge in [-0.15, -0.1) is 11.8 Å². The van der Waals surface area contributed by atoms with Crippen molar-refractivity contribution >= 4 is 28.6 Å². The lowest BCUT2D eigenvalue weighted by Gasteiger charge is -2.09. The summed E-state index contributed by atoms with van der Waals surface area (Å²) in [6.07, 6.45) is 1.97. The Balaban J connectivity index is 2.38. The highest BCUT2D eigenvalue weighted by atomic mass is 32.2. The van der Waals surface area contributed by atoms with Crippen LogP contribution < -0.4 is 0 Å². The van der Waals surface area contributed by atoms with Crippen molar-refractivity contribution in [1.82, 2.24) is 4.98 Å². The molecule has 0 aliphatic rings. The fourth-order valence-corrected chi connectivity index (χ4v) is 2.96. The molecule has 0 amide bonds. The zero-order chi connectivity index (χ0) is 13.1. The SMILES string of the molecule is Cc1ccc(C)c2c(SCCC(=O)O)ccnc12. The average Bonchev–Trinajstić information content (AvgIpc) is 2.33. The first-order valence-corrected chi connectivity index (χ1v) is 6.77. The normalized spacial score (nSPS) is 10.8. The van der Waals surface area contributed by atoms with Gasteiger partial charge in [0.1, 0.15) is 0 Å². The van der Waals surface area contributed by atoms with E-state index < -0.39 is 5.97 Å².